The van der Waals surface area contributed by atoms with Gasteiger partial charge in [-0.1, -0.05) is 6.07 Å². The summed E-state index contributed by atoms with van der Waals surface area (Å²) in [6.07, 6.45) is 3.70. The van der Waals surface area contributed by atoms with Crippen LogP contribution >= 0.6 is 12.2 Å². The Morgan fingerprint density at radius 3 is 2.57 bits per heavy atom. The van der Waals surface area contributed by atoms with Crippen LogP contribution in [0.1, 0.15) is 47.2 Å². The van der Waals surface area contributed by atoms with Gasteiger partial charge in [-0.2, -0.15) is 0 Å². The molecule has 1 N–H and O–H groups in total. The molecule has 144 valence electrons. The Labute approximate surface area is 171 Å². The van der Waals surface area contributed by atoms with Crippen LogP contribution in [0.2, 0.25) is 0 Å². The molecule has 4 heterocycles. The van der Waals surface area contributed by atoms with Crippen LogP contribution in [0.4, 0.5) is 0 Å². The summed E-state index contributed by atoms with van der Waals surface area (Å²) in [6.45, 7) is 9.37. The van der Waals surface area contributed by atoms with Crippen molar-refractivity contribution in [3.05, 3.63) is 77.0 Å². The van der Waals surface area contributed by atoms with Gasteiger partial charge in [0.2, 0.25) is 0 Å². The van der Waals surface area contributed by atoms with Crippen LogP contribution in [0.25, 0.3) is 5.82 Å². The number of aryl methyl sites for hydroxylation is 2. The van der Waals surface area contributed by atoms with Crippen LogP contribution in [-0.4, -0.2) is 31.1 Å². The highest BCUT2D eigenvalue weighted by atomic mass is 32.1. The molecule has 0 radical (unpaired) electrons. The van der Waals surface area contributed by atoms with Crippen molar-refractivity contribution >= 4 is 17.3 Å². The minimum atomic E-state index is 0.0214. The molecule has 0 aliphatic carbocycles. The van der Waals surface area contributed by atoms with E-state index in [1.54, 1.807) is 0 Å². The summed E-state index contributed by atoms with van der Waals surface area (Å²) >= 11 is 5.66. The summed E-state index contributed by atoms with van der Waals surface area (Å²) in [5.74, 6) is 0.951. The van der Waals surface area contributed by atoms with E-state index in [2.05, 4.69) is 70.6 Å². The van der Waals surface area contributed by atoms with Crippen LogP contribution in [-0.2, 0) is 0 Å². The summed E-state index contributed by atoms with van der Waals surface area (Å²) in [6, 6.07) is 12.6. The Morgan fingerprint density at radius 2 is 1.89 bits per heavy atom. The summed E-state index contributed by atoms with van der Waals surface area (Å²) in [5.41, 5.74) is 5.81. The maximum absolute atomic E-state index is 5.66. The van der Waals surface area contributed by atoms with E-state index < -0.39 is 0 Å². The standard InChI is InChI=1S/C22H25N5S/c1-5-26-21(20(25-22(26)28)18-8-6-7-10-23-18)17-13-15(3)27(16(17)4)19-12-14(2)9-11-24-19/h6-13,20-21H,5H2,1-4H3,(H,25,28). The van der Waals surface area contributed by atoms with E-state index in [-0.39, 0.29) is 12.1 Å². The van der Waals surface area contributed by atoms with Gasteiger partial charge in [-0.05, 0) is 81.4 Å². The molecule has 4 rings (SSSR count). The first-order valence-corrected chi connectivity index (χ1v) is 10.0. The molecule has 0 saturated carbocycles. The Morgan fingerprint density at radius 1 is 1.07 bits per heavy atom. The van der Waals surface area contributed by atoms with Crippen molar-refractivity contribution in [2.75, 3.05) is 6.54 Å². The number of nitrogens with one attached hydrogen (secondary N) is 1. The third-order valence-corrected chi connectivity index (χ3v) is 5.81. The molecule has 0 aromatic carbocycles. The highest BCUT2D eigenvalue weighted by Gasteiger charge is 2.40. The van der Waals surface area contributed by atoms with Crippen molar-refractivity contribution in [2.24, 2.45) is 0 Å². The van der Waals surface area contributed by atoms with E-state index in [9.17, 15) is 0 Å². The first-order valence-electron chi connectivity index (χ1n) is 9.61. The lowest BCUT2D eigenvalue weighted by Crippen LogP contribution is -2.29. The molecule has 0 spiro atoms. The number of rotatable bonds is 4. The highest BCUT2D eigenvalue weighted by molar-refractivity contribution is 7.80. The lowest BCUT2D eigenvalue weighted by atomic mass is 9.97. The van der Waals surface area contributed by atoms with E-state index >= 15 is 0 Å². The van der Waals surface area contributed by atoms with Crippen molar-refractivity contribution in [3.63, 3.8) is 0 Å². The Hall–Kier alpha value is -2.73. The van der Waals surface area contributed by atoms with Gasteiger partial charge < -0.3 is 14.8 Å². The fourth-order valence-corrected chi connectivity index (χ4v) is 4.54. The molecule has 3 aromatic rings. The van der Waals surface area contributed by atoms with Gasteiger partial charge in [0.15, 0.2) is 5.11 Å². The Balaban J connectivity index is 1.84. The predicted molar refractivity (Wildman–Crippen MR) is 116 cm³/mol. The molecule has 0 bridgehead atoms. The molecule has 1 saturated heterocycles. The van der Waals surface area contributed by atoms with Crippen LogP contribution in [0.5, 0.6) is 0 Å². The minimum Gasteiger partial charge on any atom is -0.352 e. The van der Waals surface area contributed by atoms with Crippen molar-refractivity contribution in [3.8, 4) is 5.82 Å². The molecular weight excluding hydrogens is 366 g/mol. The van der Waals surface area contributed by atoms with Gasteiger partial charge in [0.05, 0.1) is 17.8 Å². The van der Waals surface area contributed by atoms with Crippen molar-refractivity contribution in [2.45, 2.75) is 39.8 Å². The fraction of sp³-hybridized carbons (Fsp3) is 0.318. The van der Waals surface area contributed by atoms with Crippen LogP contribution < -0.4 is 5.32 Å². The van der Waals surface area contributed by atoms with Gasteiger partial charge >= 0.3 is 0 Å². The van der Waals surface area contributed by atoms with Gasteiger partial charge in [0, 0.05) is 30.3 Å². The molecule has 28 heavy (non-hydrogen) atoms. The second-order valence-corrected chi connectivity index (χ2v) is 7.65. The second kappa shape index (κ2) is 7.36. The summed E-state index contributed by atoms with van der Waals surface area (Å²) in [7, 11) is 0. The number of pyridine rings is 2. The van der Waals surface area contributed by atoms with Crippen molar-refractivity contribution in [1.82, 2.24) is 24.8 Å². The normalized spacial score (nSPS) is 19.1. The van der Waals surface area contributed by atoms with Crippen molar-refractivity contribution in [1.29, 1.82) is 0 Å². The van der Waals surface area contributed by atoms with Gasteiger partial charge in [0.25, 0.3) is 0 Å². The molecule has 1 aliphatic rings. The molecule has 2 unspecified atom stereocenters. The summed E-state index contributed by atoms with van der Waals surface area (Å²) in [4.78, 5) is 11.5. The lowest BCUT2D eigenvalue weighted by Gasteiger charge is -2.27. The van der Waals surface area contributed by atoms with Gasteiger partial charge in [-0.3, -0.25) is 4.98 Å². The van der Waals surface area contributed by atoms with Crippen LogP contribution in [0.3, 0.4) is 0 Å². The zero-order valence-electron chi connectivity index (χ0n) is 16.7. The summed E-state index contributed by atoms with van der Waals surface area (Å²) < 4.78 is 2.23. The number of likely N-dealkylation sites (N-methyl/N-ethyl adjacent to an activating group) is 1. The topological polar surface area (TPSA) is 46.0 Å². The van der Waals surface area contributed by atoms with E-state index in [1.807, 2.05) is 30.6 Å². The average Bonchev–Trinajstić information content (AvgIpc) is 3.17. The number of hydrogen-bond acceptors (Lipinski definition) is 3. The Kier molecular flexibility index (Phi) is 4.89. The smallest absolute Gasteiger partial charge is 0.170 e. The maximum Gasteiger partial charge on any atom is 0.170 e. The SMILES string of the molecule is CCN1C(=S)NC(c2ccccn2)C1c1cc(C)n(-c2cc(C)ccn2)c1C. The quantitative estimate of drug-likeness (QED) is 0.676. The van der Waals surface area contributed by atoms with Gasteiger partial charge in [-0.25, -0.2) is 4.98 Å². The zero-order valence-corrected chi connectivity index (χ0v) is 17.5. The molecular formula is C22H25N5S. The van der Waals surface area contributed by atoms with E-state index in [1.165, 1.54) is 22.5 Å². The predicted octanol–water partition coefficient (Wildman–Crippen LogP) is 4.18. The Bertz CT molecular complexity index is 1010. The number of nitrogens with zero attached hydrogens (tertiary/aromatic N) is 4. The first kappa shape index (κ1) is 18.6. The molecule has 1 aliphatic heterocycles. The molecule has 2 atom stereocenters. The molecule has 6 heteroatoms. The minimum absolute atomic E-state index is 0.0214. The molecule has 1 fully saturated rings. The average molecular weight is 392 g/mol. The zero-order chi connectivity index (χ0) is 19.8. The largest absolute Gasteiger partial charge is 0.352 e. The summed E-state index contributed by atoms with van der Waals surface area (Å²) in [5, 5.41) is 4.27. The van der Waals surface area contributed by atoms with E-state index in [0.29, 0.717) is 0 Å². The third kappa shape index (κ3) is 3.07. The number of thiocarbonyl (C=S) groups is 1. The second-order valence-electron chi connectivity index (χ2n) is 7.27. The van der Waals surface area contributed by atoms with Gasteiger partial charge in [-0.15, -0.1) is 0 Å². The highest BCUT2D eigenvalue weighted by Crippen LogP contribution is 2.41. The number of aromatic nitrogens is 3. The fourth-order valence-electron chi connectivity index (χ4n) is 4.17. The van der Waals surface area contributed by atoms with Crippen LogP contribution in [0, 0.1) is 20.8 Å². The molecule has 0 amide bonds. The lowest BCUT2D eigenvalue weighted by molar-refractivity contribution is 0.329. The van der Waals surface area contributed by atoms with Crippen molar-refractivity contribution < 1.29 is 0 Å². The molecule has 5 nitrogen and oxygen atoms in total. The van der Waals surface area contributed by atoms with E-state index in [4.69, 9.17) is 12.2 Å². The molecule has 3 aromatic heterocycles. The first-order chi connectivity index (χ1) is 13.5. The van der Waals surface area contributed by atoms with Crippen LogP contribution in [0.15, 0.2) is 48.8 Å². The maximum atomic E-state index is 5.66. The third-order valence-electron chi connectivity index (χ3n) is 5.46. The number of hydrogen-bond donors (Lipinski definition) is 1. The van der Waals surface area contributed by atoms with E-state index in [0.717, 1.165) is 23.2 Å². The monoisotopic (exact) mass is 391 g/mol. The van der Waals surface area contributed by atoms with Gasteiger partial charge in [0.1, 0.15) is 5.82 Å².